The Morgan fingerprint density at radius 2 is 1.94 bits per heavy atom. The number of nitrogens with zero attached hydrogens (tertiary/aromatic N) is 1. The summed E-state index contributed by atoms with van der Waals surface area (Å²) >= 11 is 0. The van der Waals surface area contributed by atoms with Crippen molar-refractivity contribution in [3.63, 3.8) is 0 Å². The first-order chi connectivity index (χ1) is 8.09. The maximum atomic E-state index is 12.1. The summed E-state index contributed by atoms with van der Waals surface area (Å²) < 4.78 is 2.10. The monoisotopic (exact) mass is 227 g/mol. The molecule has 0 saturated carbocycles. The van der Waals surface area contributed by atoms with Crippen LogP contribution in [0.1, 0.15) is 40.0 Å². The average Bonchev–Trinajstić information content (AvgIpc) is 2.54. The zero-order chi connectivity index (χ0) is 12.2. The summed E-state index contributed by atoms with van der Waals surface area (Å²) in [6.07, 6.45) is 2.74. The van der Waals surface area contributed by atoms with Crippen molar-refractivity contribution >= 4 is 16.7 Å². The Morgan fingerprint density at radius 3 is 2.71 bits per heavy atom. The lowest BCUT2D eigenvalue weighted by Gasteiger charge is -2.11. The Kier molecular flexibility index (Phi) is 2.15. The zero-order valence-corrected chi connectivity index (χ0v) is 10.6. The van der Waals surface area contributed by atoms with Crippen LogP contribution in [-0.2, 0) is 13.5 Å². The van der Waals surface area contributed by atoms with E-state index >= 15 is 0 Å². The molecule has 2 nitrogen and oxygen atoms in total. The number of ketones is 1. The van der Waals surface area contributed by atoms with E-state index in [1.807, 2.05) is 7.05 Å². The lowest BCUT2D eigenvalue weighted by Crippen LogP contribution is -2.13. The van der Waals surface area contributed by atoms with Crippen LogP contribution in [0.4, 0.5) is 0 Å². The number of hydrogen-bond donors (Lipinski definition) is 0. The summed E-state index contributed by atoms with van der Waals surface area (Å²) in [5, 5.41) is 1.29. The van der Waals surface area contributed by atoms with Crippen LogP contribution in [0.5, 0.6) is 0 Å². The Hall–Kier alpha value is -1.57. The van der Waals surface area contributed by atoms with Gasteiger partial charge in [-0.05, 0) is 43.9 Å². The zero-order valence-electron chi connectivity index (χ0n) is 10.6. The summed E-state index contributed by atoms with van der Waals surface area (Å²) in [7, 11) is 2.02. The lowest BCUT2D eigenvalue weighted by molar-refractivity contribution is 0.0965. The molecule has 0 atom stereocenters. The molecule has 0 bridgehead atoms. The van der Waals surface area contributed by atoms with Gasteiger partial charge in [0.05, 0.1) is 11.2 Å². The van der Waals surface area contributed by atoms with Crippen LogP contribution in [0, 0.1) is 13.8 Å². The van der Waals surface area contributed by atoms with E-state index in [-0.39, 0.29) is 0 Å². The molecular weight excluding hydrogens is 210 g/mol. The number of carbonyl (C=O) groups excluding carboxylic acids is 1. The summed E-state index contributed by atoms with van der Waals surface area (Å²) in [5.74, 6) is 0.307. The minimum Gasteiger partial charge on any atom is -0.341 e. The van der Waals surface area contributed by atoms with Gasteiger partial charge in [-0.3, -0.25) is 4.79 Å². The summed E-state index contributed by atoms with van der Waals surface area (Å²) in [5.41, 5.74) is 5.99. The molecule has 0 N–H and O–H groups in total. The molecule has 0 saturated heterocycles. The molecule has 0 fully saturated rings. The van der Waals surface area contributed by atoms with Crippen LogP contribution in [0.2, 0.25) is 0 Å². The van der Waals surface area contributed by atoms with Crippen molar-refractivity contribution < 1.29 is 4.79 Å². The highest BCUT2D eigenvalue weighted by molar-refractivity contribution is 6.04. The van der Waals surface area contributed by atoms with Gasteiger partial charge in [0.1, 0.15) is 0 Å². The Labute approximate surface area is 101 Å². The van der Waals surface area contributed by atoms with Gasteiger partial charge in [0, 0.05) is 18.9 Å². The van der Waals surface area contributed by atoms with Crippen molar-refractivity contribution in [1.29, 1.82) is 0 Å². The van der Waals surface area contributed by atoms with Crippen molar-refractivity contribution in [3.05, 3.63) is 34.5 Å². The highest BCUT2D eigenvalue weighted by atomic mass is 16.1. The van der Waals surface area contributed by atoms with Gasteiger partial charge >= 0.3 is 0 Å². The third-order valence-electron chi connectivity index (χ3n) is 3.82. The molecule has 1 heterocycles. The number of benzene rings is 1. The number of hydrogen-bond acceptors (Lipinski definition) is 1. The van der Waals surface area contributed by atoms with Gasteiger partial charge in [0.15, 0.2) is 5.78 Å². The number of fused-ring (bicyclic) bond motifs is 3. The summed E-state index contributed by atoms with van der Waals surface area (Å²) in [6, 6.07) is 4.41. The van der Waals surface area contributed by atoms with E-state index < -0.39 is 0 Å². The molecule has 0 unspecified atom stereocenters. The predicted molar refractivity (Wildman–Crippen MR) is 69.7 cm³/mol. The molecule has 2 heteroatoms. The largest absolute Gasteiger partial charge is 0.341 e. The molecule has 17 heavy (non-hydrogen) atoms. The topological polar surface area (TPSA) is 22.0 Å². The van der Waals surface area contributed by atoms with Crippen LogP contribution < -0.4 is 0 Å². The van der Waals surface area contributed by atoms with E-state index in [0.29, 0.717) is 12.2 Å². The van der Waals surface area contributed by atoms with E-state index in [4.69, 9.17) is 0 Å². The molecule has 0 amide bonds. The molecule has 1 aromatic heterocycles. The second kappa shape index (κ2) is 3.46. The van der Waals surface area contributed by atoms with Crippen molar-refractivity contribution in [2.75, 3.05) is 0 Å². The Morgan fingerprint density at radius 1 is 1.18 bits per heavy atom. The fraction of sp³-hybridized carbons (Fsp3) is 0.400. The molecule has 1 aromatic carbocycles. The lowest BCUT2D eigenvalue weighted by atomic mass is 9.94. The Bertz CT molecular complexity index is 634. The number of rotatable bonds is 0. The molecule has 0 spiro atoms. The molecule has 1 aliphatic carbocycles. The quantitative estimate of drug-likeness (QED) is 0.676. The van der Waals surface area contributed by atoms with Gasteiger partial charge in [-0.15, -0.1) is 0 Å². The fourth-order valence-corrected chi connectivity index (χ4v) is 3.23. The van der Waals surface area contributed by atoms with Crippen molar-refractivity contribution in [2.45, 2.75) is 33.1 Å². The number of aryl methyl sites for hydroxylation is 4. The second-order valence-electron chi connectivity index (χ2n) is 5.14. The average molecular weight is 227 g/mol. The van der Waals surface area contributed by atoms with Crippen LogP contribution in [0.3, 0.4) is 0 Å². The van der Waals surface area contributed by atoms with Crippen LogP contribution in [0.25, 0.3) is 10.9 Å². The summed E-state index contributed by atoms with van der Waals surface area (Å²) in [4.78, 5) is 12.1. The summed E-state index contributed by atoms with van der Waals surface area (Å²) in [6.45, 7) is 4.25. The molecular formula is C15H17NO. The van der Waals surface area contributed by atoms with E-state index in [0.717, 1.165) is 18.5 Å². The minimum atomic E-state index is 0.307. The van der Waals surface area contributed by atoms with Crippen molar-refractivity contribution in [1.82, 2.24) is 4.57 Å². The van der Waals surface area contributed by atoms with Crippen molar-refractivity contribution in [2.24, 2.45) is 7.05 Å². The van der Waals surface area contributed by atoms with E-state index in [1.165, 1.54) is 27.6 Å². The highest BCUT2D eigenvalue weighted by Gasteiger charge is 2.25. The maximum absolute atomic E-state index is 12.1. The van der Waals surface area contributed by atoms with E-state index in [2.05, 4.69) is 30.5 Å². The first-order valence-electron chi connectivity index (χ1n) is 6.21. The smallest absolute Gasteiger partial charge is 0.179 e. The van der Waals surface area contributed by atoms with Gasteiger partial charge < -0.3 is 4.57 Å². The van der Waals surface area contributed by atoms with Crippen molar-refractivity contribution in [3.8, 4) is 0 Å². The molecule has 3 rings (SSSR count). The first-order valence-corrected chi connectivity index (χ1v) is 6.21. The van der Waals surface area contributed by atoms with Gasteiger partial charge in [-0.25, -0.2) is 0 Å². The number of carbonyl (C=O) groups is 1. The van der Waals surface area contributed by atoms with Gasteiger partial charge in [-0.1, -0.05) is 11.6 Å². The standard InChI is InChI=1S/C15H17NO/c1-9-7-10(2)14-12(8-9)11-5-4-6-13(17)15(11)16(14)3/h7-8H,4-6H2,1-3H3. The van der Waals surface area contributed by atoms with E-state index in [9.17, 15) is 4.79 Å². The maximum Gasteiger partial charge on any atom is 0.179 e. The van der Waals surface area contributed by atoms with Gasteiger partial charge in [0.25, 0.3) is 0 Å². The van der Waals surface area contributed by atoms with Gasteiger partial charge in [0.2, 0.25) is 0 Å². The highest BCUT2D eigenvalue weighted by Crippen LogP contribution is 2.33. The molecule has 88 valence electrons. The van der Waals surface area contributed by atoms with Crippen LogP contribution in [0.15, 0.2) is 12.1 Å². The predicted octanol–water partition coefficient (Wildman–Crippen LogP) is 3.31. The minimum absolute atomic E-state index is 0.307. The van der Waals surface area contributed by atoms with Crippen LogP contribution in [-0.4, -0.2) is 10.4 Å². The number of aromatic nitrogens is 1. The molecule has 2 aromatic rings. The van der Waals surface area contributed by atoms with E-state index in [1.54, 1.807) is 0 Å². The SMILES string of the molecule is Cc1cc(C)c2c(c1)c1c(n2C)C(=O)CCC1. The normalized spacial score (nSPS) is 15.4. The Balaban J connectivity index is 2.48. The van der Waals surface area contributed by atoms with Crippen LogP contribution >= 0.6 is 0 Å². The third kappa shape index (κ3) is 1.36. The van der Waals surface area contributed by atoms with Gasteiger partial charge in [-0.2, -0.15) is 0 Å². The molecule has 0 radical (unpaired) electrons. The molecule has 0 aliphatic heterocycles. The number of Topliss-reactive ketones (excluding diaryl/α,β-unsaturated/α-hetero) is 1. The fourth-order valence-electron chi connectivity index (χ4n) is 3.23. The molecule has 1 aliphatic rings. The first kappa shape index (κ1) is 10.6. The second-order valence-corrected chi connectivity index (χ2v) is 5.14. The third-order valence-corrected chi connectivity index (χ3v) is 3.82.